The van der Waals surface area contributed by atoms with Gasteiger partial charge in [0.2, 0.25) is 5.95 Å². The maximum absolute atomic E-state index is 13.3. The van der Waals surface area contributed by atoms with E-state index in [4.69, 9.17) is 11.6 Å². The molecule has 0 spiro atoms. The van der Waals surface area contributed by atoms with Crippen LogP contribution < -0.4 is 5.32 Å². The van der Waals surface area contributed by atoms with Crippen molar-refractivity contribution in [2.45, 2.75) is 18.4 Å². The second-order valence-electron chi connectivity index (χ2n) is 7.12. The molecule has 3 aromatic rings. The number of hydrogen-bond donors (Lipinski definition) is 2. The summed E-state index contributed by atoms with van der Waals surface area (Å²) in [7, 11) is 0. The number of hydrogen-bond acceptors (Lipinski definition) is 5. The number of allylic oxidation sites excluding steroid dienone is 2. The van der Waals surface area contributed by atoms with Gasteiger partial charge in [0.1, 0.15) is 17.9 Å². The van der Waals surface area contributed by atoms with E-state index >= 15 is 0 Å². The summed E-state index contributed by atoms with van der Waals surface area (Å²) in [6, 6.07) is 14.2. The number of aromatic nitrogens is 3. The Morgan fingerprint density at radius 1 is 1.14 bits per heavy atom. The van der Waals surface area contributed by atoms with Crippen molar-refractivity contribution in [3.63, 3.8) is 0 Å². The molecule has 1 aliphatic heterocycles. The molecule has 0 unspecified atom stereocenters. The zero-order chi connectivity index (χ0) is 19.3. The molecule has 0 saturated carbocycles. The highest BCUT2D eigenvalue weighted by Gasteiger charge is 2.43. The number of fused-ring (bicyclic) bond motifs is 2. The van der Waals surface area contributed by atoms with Gasteiger partial charge in [0, 0.05) is 23.1 Å². The third-order valence-electron chi connectivity index (χ3n) is 5.40. The van der Waals surface area contributed by atoms with Crippen LogP contribution in [0.15, 0.2) is 66.6 Å². The van der Waals surface area contributed by atoms with E-state index in [-0.39, 0.29) is 29.4 Å². The fourth-order valence-corrected chi connectivity index (χ4v) is 4.33. The molecule has 0 amide bonds. The van der Waals surface area contributed by atoms with Crippen molar-refractivity contribution >= 4 is 23.3 Å². The van der Waals surface area contributed by atoms with Gasteiger partial charge in [-0.15, -0.1) is 0 Å². The molecule has 28 heavy (non-hydrogen) atoms. The lowest BCUT2D eigenvalue weighted by Gasteiger charge is -2.38. The highest BCUT2D eigenvalue weighted by molar-refractivity contribution is 6.30. The molecule has 7 heteroatoms. The minimum absolute atomic E-state index is 0.0418. The van der Waals surface area contributed by atoms with E-state index in [1.165, 1.54) is 6.33 Å². The highest BCUT2D eigenvalue weighted by Crippen LogP contribution is 2.44. The topological polar surface area (TPSA) is 80.0 Å². The Morgan fingerprint density at radius 2 is 1.96 bits per heavy atom. The molecule has 2 heterocycles. The largest absolute Gasteiger partial charge is 0.508 e. The number of carbonyl (C=O) groups is 1. The zero-order valence-corrected chi connectivity index (χ0v) is 15.5. The van der Waals surface area contributed by atoms with Gasteiger partial charge in [0.15, 0.2) is 0 Å². The summed E-state index contributed by atoms with van der Waals surface area (Å²) in [5, 5.41) is 17.9. The van der Waals surface area contributed by atoms with Crippen molar-refractivity contribution < 1.29 is 9.90 Å². The molecule has 2 N–H and O–H groups in total. The van der Waals surface area contributed by atoms with E-state index in [0.717, 1.165) is 16.8 Å². The summed E-state index contributed by atoms with van der Waals surface area (Å²) < 4.78 is 1.74. The fraction of sp³-hybridized carbons (Fsp3) is 0.190. The minimum atomic E-state index is -0.380. The van der Waals surface area contributed by atoms with Gasteiger partial charge in [-0.1, -0.05) is 41.9 Å². The Labute approximate surface area is 166 Å². The van der Waals surface area contributed by atoms with E-state index in [0.29, 0.717) is 17.4 Å². The number of Topliss-reactive ketones (excluding diaryl/α,β-unsaturated/α-hetero) is 1. The first-order valence-corrected chi connectivity index (χ1v) is 9.43. The predicted molar refractivity (Wildman–Crippen MR) is 105 cm³/mol. The van der Waals surface area contributed by atoms with Gasteiger partial charge in [-0.25, -0.2) is 4.68 Å². The van der Waals surface area contributed by atoms with Gasteiger partial charge in [0.05, 0.1) is 12.0 Å². The quantitative estimate of drug-likeness (QED) is 0.691. The van der Waals surface area contributed by atoms with E-state index in [9.17, 15) is 9.90 Å². The number of rotatable bonds is 2. The van der Waals surface area contributed by atoms with Crippen molar-refractivity contribution in [3.8, 4) is 5.75 Å². The third kappa shape index (κ3) is 2.77. The average molecular weight is 393 g/mol. The minimum Gasteiger partial charge on any atom is -0.508 e. The number of phenols is 1. The first kappa shape index (κ1) is 17.0. The summed E-state index contributed by atoms with van der Waals surface area (Å²) in [6.07, 6.45) is 3.98. The second-order valence-corrected chi connectivity index (χ2v) is 7.56. The van der Waals surface area contributed by atoms with Crippen LogP contribution in [-0.4, -0.2) is 25.7 Å². The number of halogens is 1. The van der Waals surface area contributed by atoms with Crippen molar-refractivity contribution in [1.82, 2.24) is 14.8 Å². The van der Waals surface area contributed by atoms with Gasteiger partial charge in [-0.3, -0.25) is 4.79 Å². The summed E-state index contributed by atoms with van der Waals surface area (Å²) in [5.74, 6) is 0.492. The van der Waals surface area contributed by atoms with Crippen LogP contribution in [0, 0.1) is 5.92 Å². The van der Waals surface area contributed by atoms with Crippen LogP contribution in [0.1, 0.15) is 29.5 Å². The van der Waals surface area contributed by atoms with Crippen LogP contribution >= 0.6 is 11.6 Å². The van der Waals surface area contributed by atoms with Gasteiger partial charge in [0.25, 0.3) is 0 Å². The molecule has 2 aromatic carbocycles. The maximum atomic E-state index is 13.3. The Balaban J connectivity index is 1.61. The normalized spacial score (nSPS) is 23.4. The smallest absolute Gasteiger partial charge is 0.226 e. The number of ketones is 1. The Hall–Kier alpha value is -3.12. The molecule has 6 nitrogen and oxygen atoms in total. The molecule has 1 aromatic heterocycles. The lowest BCUT2D eigenvalue weighted by molar-refractivity contribution is -0.123. The van der Waals surface area contributed by atoms with Crippen LogP contribution in [0.3, 0.4) is 0 Å². The Morgan fingerprint density at radius 3 is 2.75 bits per heavy atom. The SMILES string of the molecule is O=C1C[C@@H](c2cccc(Cl)c2)C=C2Nc3ncnn3[C@H](c3ccc(O)cc3)[C@@H]12. The standard InChI is InChI=1S/C21H17ClN4O2/c22-15-3-1-2-13(8-15)14-9-17-19(18(28)10-14)20(12-4-6-16(27)7-5-12)26-21(25-17)23-11-24-26/h1-9,11,14,19-20,27H,10H2,(H,23,24,25)/t14-,19+,20+/m0/s1. The van der Waals surface area contributed by atoms with Gasteiger partial charge >= 0.3 is 0 Å². The second kappa shape index (κ2) is 6.49. The molecule has 2 aliphatic rings. The molecular formula is C21H17ClN4O2. The molecular weight excluding hydrogens is 376 g/mol. The van der Waals surface area contributed by atoms with Crippen molar-refractivity contribution in [2.75, 3.05) is 5.32 Å². The van der Waals surface area contributed by atoms with E-state index in [1.807, 2.05) is 36.4 Å². The van der Waals surface area contributed by atoms with E-state index in [1.54, 1.807) is 16.8 Å². The number of nitrogens with zero attached hydrogens (tertiary/aromatic N) is 3. The number of anilines is 1. The highest BCUT2D eigenvalue weighted by atomic mass is 35.5. The summed E-state index contributed by atoms with van der Waals surface area (Å²) >= 11 is 6.14. The van der Waals surface area contributed by atoms with Crippen molar-refractivity contribution in [1.29, 1.82) is 0 Å². The molecule has 0 bridgehead atoms. The number of benzene rings is 2. The van der Waals surface area contributed by atoms with E-state index < -0.39 is 0 Å². The summed E-state index contributed by atoms with van der Waals surface area (Å²) in [5.41, 5.74) is 2.75. The zero-order valence-electron chi connectivity index (χ0n) is 14.8. The monoisotopic (exact) mass is 392 g/mol. The van der Waals surface area contributed by atoms with Crippen LogP contribution in [0.4, 0.5) is 5.95 Å². The average Bonchev–Trinajstić information content (AvgIpc) is 3.15. The number of nitrogens with one attached hydrogen (secondary N) is 1. The van der Waals surface area contributed by atoms with Crippen LogP contribution in [0.2, 0.25) is 5.02 Å². The van der Waals surface area contributed by atoms with Crippen molar-refractivity contribution in [2.24, 2.45) is 5.92 Å². The first-order valence-electron chi connectivity index (χ1n) is 9.05. The molecule has 3 atom stereocenters. The molecule has 0 radical (unpaired) electrons. The summed E-state index contributed by atoms with van der Waals surface area (Å²) in [4.78, 5) is 17.6. The Bertz CT molecular complexity index is 1090. The lowest BCUT2D eigenvalue weighted by Crippen LogP contribution is -2.40. The first-order chi connectivity index (χ1) is 13.6. The summed E-state index contributed by atoms with van der Waals surface area (Å²) in [6.45, 7) is 0. The maximum Gasteiger partial charge on any atom is 0.226 e. The van der Waals surface area contributed by atoms with Crippen molar-refractivity contribution in [3.05, 3.63) is 82.8 Å². The van der Waals surface area contributed by atoms with Crippen LogP contribution in [-0.2, 0) is 4.79 Å². The third-order valence-corrected chi connectivity index (χ3v) is 5.64. The van der Waals surface area contributed by atoms with Gasteiger partial charge in [-0.2, -0.15) is 10.1 Å². The molecule has 5 rings (SSSR count). The van der Waals surface area contributed by atoms with Crippen LogP contribution in [0.25, 0.3) is 0 Å². The number of carbonyl (C=O) groups excluding carboxylic acids is 1. The fourth-order valence-electron chi connectivity index (χ4n) is 4.13. The predicted octanol–water partition coefficient (Wildman–Crippen LogP) is 3.91. The lowest BCUT2D eigenvalue weighted by atomic mass is 9.76. The number of aromatic hydroxyl groups is 1. The van der Waals surface area contributed by atoms with Gasteiger partial charge < -0.3 is 10.4 Å². The molecule has 0 saturated heterocycles. The number of phenolic OH excluding ortho intramolecular Hbond substituents is 1. The molecule has 1 aliphatic carbocycles. The van der Waals surface area contributed by atoms with Gasteiger partial charge in [-0.05, 0) is 35.4 Å². The molecule has 0 fully saturated rings. The van der Waals surface area contributed by atoms with E-state index in [2.05, 4.69) is 21.5 Å². The van der Waals surface area contributed by atoms with Crippen LogP contribution in [0.5, 0.6) is 5.75 Å². The Kier molecular flexibility index (Phi) is 3.94. The molecule has 140 valence electrons.